The Balaban J connectivity index is 0.00000169. The van der Waals surface area contributed by atoms with Crippen LogP contribution in [0.2, 0.25) is 0 Å². The van der Waals surface area contributed by atoms with E-state index in [1.807, 2.05) is 0 Å². The summed E-state index contributed by atoms with van der Waals surface area (Å²) in [5.41, 5.74) is 4.90. The van der Waals surface area contributed by atoms with E-state index in [1.54, 1.807) is 0 Å². The molecule has 0 saturated carbocycles. The summed E-state index contributed by atoms with van der Waals surface area (Å²) < 4.78 is 25.3. The number of aliphatic carboxylic acids is 1. The molecule has 1 rings (SSSR count). The van der Waals surface area contributed by atoms with Gasteiger partial charge in [-0.2, -0.15) is 0 Å². The van der Waals surface area contributed by atoms with Crippen molar-refractivity contribution in [1.29, 1.82) is 0 Å². The zero-order valence-corrected chi connectivity index (χ0v) is 7.72. The van der Waals surface area contributed by atoms with Crippen LogP contribution in [0.15, 0.2) is 18.2 Å². The van der Waals surface area contributed by atoms with Gasteiger partial charge in [0.1, 0.15) is 17.7 Å². The van der Waals surface area contributed by atoms with Crippen LogP contribution in [-0.4, -0.2) is 11.1 Å². The number of benzene rings is 1. The minimum atomic E-state index is -1.46. The second-order valence-electron chi connectivity index (χ2n) is 2.48. The molecule has 1 aromatic rings. The Morgan fingerprint density at radius 3 is 2.43 bits per heavy atom. The van der Waals surface area contributed by atoms with Crippen LogP contribution in [0.1, 0.15) is 11.6 Å². The Bertz CT molecular complexity index is 346. The molecule has 0 aliphatic heterocycles. The Morgan fingerprint density at radius 2 is 2.00 bits per heavy atom. The maximum Gasteiger partial charge on any atom is 0.325 e. The third-order valence-corrected chi connectivity index (χ3v) is 1.56. The summed E-state index contributed by atoms with van der Waals surface area (Å²) in [4.78, 5) is 10.4. The number of nitrogens with two attached hydrogens (primary N) is 1. The fourth-order valence-electron chi connectivity index (χ4n) is 0.887. The molecule has 0 spiro atoms. The lowest BCUT2D eigenvalue weighted by molar-refractivity contribution is -0.138. The van der Waals surface area contributed by atoms with Crippen molar-refractivity contribution >= 4 is 18.4 Å². The van der Waals surface area contributed by atoms with Gasteiger partial charge in [0, 0.05) is 11.6 Å². The molecule has 78 valence electrons. The highest BCUT2D eigenvalue weighted by Gasteiger charge is 2.18. The number of halogens is 3. The van der Waals surface area contributed by atoms with Gasteiger partial charge in [0.05, 0.1) is 0 Å². The predicted octanol–water partition coefficient (Wildman–Crippen LogP) is 1.47. The van der Waals surface area contributed by atoms with E-state index in [4.69, 9.17) is 10.8 Å². The molecule has 6 heteroatoms. The summed E-state index contributed by atoms with van der Waals surface area (Å²) in [7, 11) is 0. The zero-order valence-electron chi connectivity index (χ0n) is 6.91. The van der Waals surface area contributed by atoms with E-state index in [-0.39, 0.29) is 18.0 Å². The average molecular weight is 224 g/mol. The summed E-state index contributed by atoms with van der Waals surface area (Å²) in [5.74, 6) is -3.07. The largest absolute Gasteiger partial charge is 0.480 e. The normalized spacial score (nSPS) is 11.6. The Hall–Kier alpha value is -1.20. The molecule has 0 amide bonds. The van der Waals surface area contributed by atoms with Gasteiger partial charge in [0.25, 0.3) is 0 Å². The lowest BCUT2D eigenvalue weighted by Crippen LogP contribution is -2.21. The lowest BCUT2D eigenvalue weighted by Gasteiger charge is -2.07. The summed E-state index contributed by atoms with van der Waals surface area (Å²) in [5, 5.41) is 8.44. The van der Waals surface area contributed by atoms with Gasteiger partial charge < -0.3 is 10.8 Å². The van der Waals surface area contributed by atoms with E-state index in [0.29, 0.717) is 6.07 Å². The van der Waals surface area contributed by atoms with E-state index in [1.165, 1.54) is 0 Å². The molecule has 0 heterocycles. The molecule has 1 atom stereocenters. The zero-order chi connectivity index (χ0) is 10.0. The second kappa shape index (κ2) is 4.88. The summed E-state index contributed by atoms with van der Waals surface area (Å²) in [6.45, 7) is 0. The van der Waals surface area contributed by atoms with Crippen molar-refractivity contribution in [3.05, 3.63) is 35.4 Å². The van der Waals surface area contributed by atoms with Crippen LogP contribution in [0.25, 0.3) is 0 Å². The van der Waals surface area contributed by atoms with Crippen LogP contribution in [-0.2, 0) is 4.79 Å². The van der Waals surface area contributed by atoms with E-state index >= 15 is 0 Å². The molecule has 3 N–H and O–H groups in total. The van der Waals surface area contributed by atoms with Crippen molar-refractivity contribution < 1.29 is 18.7 Å². The molecule has 0 bridgehead atoms. The summed E-state index contributed by atoms with van der Waals surface area (Å²) in [6, 6.07) is 1.11. The third-order valence-electron chi connectivity index (χ3n) is 1.56. The second-order valence-corrected chi connectivity index (χ2v) is 2.48. The van der Waals surface area contributed by atoms with Crippen LogP contribution in [0, 0.1) is 11.6 Å². The van der Waals surface area contributed by atoms with Crippen LogP contribution in [0.5, 0.6) is 0 Å². The van der Waals surface area contributed by atoms with Gasteiger partial charge in [0.2, 0.25) is 0 Å². The van der Waals surface area contributed by atoms with Crippen molar-refractivity contribution in [2.75, 3.05) is 0 Å². The van der Waals surface area contributed by atoms with Gasteiger partial charge in [-0.3, -0.25) is 4.79 Å². The molecule has 14 heavy (non-hydrogen) atoms. The molecule has 0 aliphatic carbocycles. The lowest BCUT2D eigenvalue weighted by atomic mass is 10.1. The third kappa shape index (κ3) is 2.65. The highest BCUT2D eigenvalue weighted by Crippen LogP contribution is 2.15. The molecule has 1 aromatic carbocycles. The van der Waals surface area contributed by atoms with E-state index < -0.39 is 23.6 Å². The van der Waals surface area contributed by atoms with Gasteiger partial charge in [0.15, 0.2) is 0 Å². The molecule has 0 fully saturated rings. The summed E-state index contributed by atoms with van der Waals surface area (Å²) in [6.07, 6.45) is 0. The standard InChI is InChI=1S/C8H7F2NO2.ClH/c9-4-1-2-5(6(10)3-4)7(11)8(12)13;/h1-3,7H,11H2,(H,12,13);1H/t7-;/m0./s1. The first-order valence-electron chi connectivity index (χ1n) is 3.45. The first-order valence-corrected chi connectivity index (χ1v) is 3.45. The summed E-state index contributed by atoms with van der Waals surface area (Å²) >= 11 is 0. The maximum atomic E-state index is 12.9. The minimum Gasteiger partial charge on any atom is -0.480 e. The number of hydrogen-bond donors (Lipinski definition) is 2. The van der Waals surface area contributed by atoms with E-state index in [9.17, 15) is 13.6 Å². The first kappa shape index (κ1) is 12.8. The topological polar surface area (TPSA) is 63.3 Å². The molecule has 0 radical (unpaired) electrons. The Labute approximate surface area is 84.9 Å². The molecule has 0 aromatic heterocycles. The number of rotatable bonds is 2. The molecular formula is C8H8ClF2NO2. The maximum absolute atomic E-state index is 12.9. The van der Waals surface area contributed by atoms with Crippen molar-refractivity contribution in [3.63, 3.8) is 0 Å². The highest BCUT2D eigenvalue weighted by atomic mass is 35.5. The Morgan fingerprint density at radius 1 is 1.43 bits per heavy atom. The molecular weight excluding hydrogens is 216 g/mol. The SMILES string of the molecule is Cl.N[C@H](C(=O)O)c1ccc(F)cc1F. The monoisotopic (exact) mass is 223 g/mol. The number of carboxylic acids is 1. The van der Waals surface area contributed by atoms with Gasteiger partial charge in [-0.25, -0.2) is 8.78 Å². The van der Waals surface area contributed by atoms with Crippen molar-refractivity contribution in [2.45, 2.75) is 6.04 Å². The predicted molar refractivity (Wildman–Crippen MR) is 48.2 cm³/mol. The highest BCUT2D eigenvalue weighted by molar-refractivity contribution is 5.85. The quantitative estimate of drug-likeness (QED) is 0.798. The van der Waals surface area contributed by atoms with Gasteiger partial charge >= 0.3 is 5.97 Å². The number of carboxylic acid groups (broad SMARTS) is 1. The number of carbonyl (C=O) groups is 1. The molecule has 0 unspecified atom stereocenters. The van der Waals surface area contributed by atoms with Gasteiger partial charge in [-0.05, 0) is 6.07 Å². The van der Waals surface area contributed by atoms with Crippen molar-refractivity contribution in [3.8, 4) is 0 Å². The smallest absolute Gasteiger partial charge is 0.325 e. The fraction of sp³-hybridized carbons (Fsp3) is 0.125. The Kier molecular flexibility index (Phi) is 4.46. The van der Waals surface area contributed by atoms with Crippen LogP contribution in [0.3, 0.4) is 0 Å². The number of hydrogen-bond acceptors (Lipinski definition) is 2. The minimum absolute atomic E-state index is 0. The first-order chi connectivity index (χ1) is 6.02. The van der Waals surface area contributed by atoms with Gasteiger partial charge in [-0.15, -0.1) is 12.4 Å². The molecule has 3 nitrogen and oxygen atoms in total. The van der Waals surface area contributed by atoms with Gasteiger partial charge in [-0.1, -0.05) is 6.07 Å². The molecule has 0 saturated heterocycles. The van der Waals surface area contributed by atoms with Crippen LogP contribution in [0.4, 0.5) is 8.78 Å². The van der Waals surface area contributed by atoms with Crippen LogP contribution >= 0.6 is 12.4 Å². The fourth-order valence-corrected chi connectivity index (χ4v) is 0.887. The van der Waals surface area contributed by atoms with Crippen LogP contribution < -0.4 is 5.73 Å². The molecule has 0 aliphatic rings. The van der Waals surface area contributed by atoms with E-state index in [0.717, 1.165) is 12.1 Å². The van der Waals surface area contributed by atoms with E-state index in [2.05, 4.69) is 0 Å². The van der Waals surface area contributed by atoms with Crippen molar-refractivity contribution in [2.24, 2.45) is 5.73 Å². The van der Waals surface area contributed by atoms with Crippen molar-refractivity contribution in [1.82, 2.24) is 0 Å². The average Bonchev–Trinajstić information content (AvgIpc) is 2.03.